The smallest absolute Gasteiger partial charge is 0.221 e. The number of halogens is 2. The molecule has 0 amide bonds. The molecule has 18 heavy (non-hydrogen) atoms. The molecule has 2 N–H and O–H groups in total. The lowest BCUT2D eigenvalue weighted by Crippen LogP contribution is -1.96. The summed E-state index contributed by atoms with van der Waals surface area (Å²) in [5, 5.41) is 1.97. The maximum Gasteiger partial charge on any atom is 0.221 e. The van der Waals surface area contributed by atoms with Crippen molar-refractivity contribution in [2.24, 2.45) is 0 Å². The summed E-state index contributed by atoms with van der Waals surface area (Å²) in [5.41, 5.74) is 7.85. The van der Waals surface area contributed by atoms with Gasteiger partial charge in [0, 0.05) is 5.56 Å². The Morgan fingerprint density at radius 1 is 1.22 bits per heavy atom. The quantitative estimate of drug-likeness (QED) is 0.738. The number of anilines is 1. The Kier molecular flexibility index (Phi) is 2.65. The Bertz CT molecular complexity index is 741. The van der Waals surface area contributed by atoms with Crippen LogP contribution >= 0.6 is 22.9 Å². The summed E-state index contributed by atoms with van der Waals surface area (Å²) in [7, 11) is 0. The zero-order chi connectivity index (χ0) is 12.7. The van der Waals surface area contributed by atoms with Gasteiger partial charge in [-0.05, 0) is 29.6 Å². The third kappa shape index (κ3) is 1.81. The van der Waals surface area contributed by atoms with E-state index in [2.05, 4.69) is 9.97 Å². The topological polar surface area (TPSA) is 51.8 Å². The minimum Gasteiger partial charge on any atom is -0.368 e. The van der Waals surface area contributed by atoms with Gasteiger partial charge in [0.25, 0.3) is 0 Å². The number of rotatable bonds is 1. The molecule has 0 fully saturated rings. The number of nitrogen functional groups attached to an aromatic ring is 1. The monoisotopic (exact) mass is 279 g/mol. The van der Waals surface area contributed by atoms with Crippen molar-refractivity contribution in [1.29, 1.82) is 0 Å². The molecule has 0 unspecified atom stereocenters. The molecular weight excluding hydrogens is 273 g/mol. The van der Waals surface area contributed by atoms with Gasteiger partial charge in [-0.3, -0.25) is 0 Å². The molecule has 0 aliphatic heterocycles. The second kappa shape index (κ2) is 4.19. The highest BCUT2D eigenvalue weighted by Crippen LogP contribution is 2.32. The molecule has 0 aliphatic rings. The van der Waals surface area contributed by atoms with Gasteiger partial charge in [-0.25, -0.2) is 14.4 Å². The van der Waals surface area contributed by atoms with Crippen LogP contribution < -0.4 is 5.73 Å². The SMILES string of the molecule is Nc1nc(-c2ccc(F)c(Cl)c2)c2sccc2n1. The Balaban J connectivity index is 2.30. The number of benzene rings is 1. The van der Waals surface area contributed by atoms with Gasteiger partial charge in [-0.15, -0.1) is 11.3 Å². The highest BCUT2D eigenvalue weighted by atomic mass is 35.5. The average molecular weight is 280 g/mol. The first-order valence-electron chi connectivity index (χ1n) is 5.11. The van der Waals surface area contributed by atoms with Gasteiger partial charge in [-0.2, -0.15) is 0 Å². The zero-order valence-electron chi connectivity index (χ0n) is 9.02. The standard InChI is InChI=1S/C12H7ClFN3S/c13-7-5-6(1-2-8(7)14)10-11-9(3-4-18-11)16-12(15)17-10/h1-5H,(H2,15,16,17). The van der Waals surface area contributed by atoms with Gasteiger partial charge in [-0.1, -0.05) is 11.6 Å². The van der Waals surface area contributed by atoms with Crippen molar-refractivity contribution in [3.05, 3.63) is 40.5 Å². The van der Waals surface area contributed by atoms with E-state index in [9.17, 15) is 4.39 Å². The van der Waals surface area contributed by atoms with E-state index >= 15 is 0 Å². The molecule has 0 bridgehead atoms. The van der Waals surface area contributed by atoms with Crippen LogP contribution in [-0.2, 0) is 0 Å². The third-order valence-corrected chi connectivity index (χ3v) is 3.71. The van der Waals surface area contributed by atoms with Crippen molar-refractivity contribution >= 4 is 39.1 Å². The second-order valence-electron chi connectivity index (χ2n) is 3.69. The number of thiophene rings is 1. The predicted molar refractivity (Wildman–Crippen MR) is 72.2 cm³/mol. The number of nitrogens with two attached hydrogens (primary N) is 1. The maximum atomic E-state index is 13.2. The van der Waals surface area contributed by atoms with Crippen LogP contribution in [0.4, 0.5) is 10.3 Å². The molecule has 6 heteroatoms. The highest BCUT2D eigenvalue weighted by Gasteiger charge is 2.11. The van der Waals surface area contributed by atoms with Gasteiger partial charge in [0.15, 0.2) is 0 Å². The van der Waals surface area contributed by atoms with Crippen LogP contribution in [-0.4, -0.2) is 9.97 Å². The normalized spacial score (nSPS) is 11.0. The van der Waals surface area contributed by atoms with Gasteiger partial charge >= 0.3 is 0 Å². The van der Waals surface area contributed by atoms with Crippen LogP contribution in [0.25, 0.3) is 21.5 Å². The fourth-order valence-electron chi connectivity index (χ4n) is 1.72. The molecule has 2 heterocycles. The summed E-state index contributed by atoms with van der Waals surface area (Å²) in [6.07, 6.45) is 0. The third-order valence-electron chi connectivity index (χ3n) is 2.51. The van der Waals surface area contributed by atoms with Crippen molar-refractivity contribution in [2.45, 2.75) is 0 Å². The molecule has 0 spiro atoms. The molecule has 90 valence electrons. The van der Waals surface area contributed by atoms with E-state index in [0.29, 0.717) is 5.69 Å². The van der Waals surface area contributed by atoms with Crippen LogP contribution in [0.5, 0.6) is 0 Å². The molecule has 3 aromatic rings. The number of nitrogens with zero attached hydrogens (tertiary/aromatic N) is 2. The average Bonchev–Trinajstić information content (AvgIpc) is 2.79. The van der Waals surface area contributed by atoms with E-state index in [0.717, 1.165) is 15.8 Å². The number of fused-ring (bicyclic) bond motifs is 1. The lowest BCUT2D eigenvalue weighted by atomic mass is 10.1. The summed E-state index contributed by atoms with van der Waals surface area (Å²) in [4.78, 5) is 8.34. The van der Waals surface area contributed by atoms with Crippen molar-refractivity contribution in [3.63, 3.8) is 0 Å². The largest absolute Gasteiger partial charge is 0.368 e. The molecule has 1 aromatic carbocycles. The summed E-state index contributed by atoms with van der Waals surface area (Å²) in [6, 6.07) is 6.35. The summed E-state index contributed by atoms with van der Waals surface area (Å²) < 4.78 is 14.1. The minimum absolute atomic E-state index is 0.0642. The summed E-state index contributed by atoms with van der Waals surface area (Å²) in [5.74, 6) is -0.263. The van der Waals surface area contributed by atoms with E-state index in [1.807, 2.05) is 11.4 Å². The number of aromatic nitrogens is 2. The Morgan fingerprint density at radius 2 is 2.06 bits per heavy atom. The first kappa shape index (κ1) is 11.4. The Labute approximate surface area is 111 Å². The van der Waals surface area contributed by atoms with Crippen molar-refractivity contribution in [3.8, 4) is 11.3 Å². The highest BCUT2D eigenvalue weighted by molar-refractivity contribution is 7.17. The molecule has 0 saturated carbocycles. The van der Waals surface area contributed by atoms with Crippen LogP contribution in [0, 0.1) is 5.82 Å². The number of hydrogen-bond acceptors (Lipinski definition) is 4. The first-order chi connectivity index (χ1) is 8.65. The van der Waals surface area contributed by atoms with Gasteiger partial charge in [0.1, 0.15) is 5.82 Å². The van der Waals surface area contributed by atoms with E-state index in [-0.39, 0.29) is 11.0 Å². The summed E-state index contributed by atoms with van der Waals surface area (Å²) in [6.45, 7) is 0. The van der Waals surface area contributed by atoms with Crippen molar-refractivity contribution in [1.82, 2.24) is 9.97 Å². The van der Waals surface area contributed by atoms with Crippen LogP contribution in [0.15, 0.2) is 29.6 Å². The molecule has 0 aliphatic carbocycles. The zero-order valence-corrected chi connectivity index (χ0v) is 10.6. The van der Waals surface area contributed by atoms with E-state index < -0.39 is 5.82 Å². The van der Waals surface area contributed by atoms with Gasteiger partial charge in [0.2, 0.25) is 5.95 Å². The van der Waals surface area contributed by atoms with Gasteiger partial charge < -0.3 is 5.73 Å². The molecule has 0 radical (unpaired) electrons. The first-order valence-corrected chi connectivity index (χ1v) is 6.37. The molecule has 0 atom stereocenters. The van der Waals surface area contributed by atoms with E-state index in [1.165, 1.54) is 23.5 Å². The number of hydrogen-bond donors (Lipinski definition) is 1. The van der Waals surface area contributed by atoms with Crippen molar-refractivity contribution in [2.75, 3.05) is 5.73 Å². The lowest BCUT2D eigenvalue weighted by Gasteiger charge is -2.04. The minimum atomic E-state index is -0.454. The molecule has 3 nitrogen and oxygen atoms in total. The van der Waals surface area contributed by atoms with Gasteiger partial charge in [0.05, 0.1) is 20.9 Å². The predicted octanol–water partition coefficient (Wildman–Crippen LogP) is 3.73. The fourth-order valence-corrected chi connectivity index (χ4v) is 2.74. The van der Waals surface area contributed by atoms with Crippen molar-refractivity contribution < 1.29 is 4.39 Å². The van der Waals surface area contributed by atoms with Crippen LogP contribution in [0.2, 0.25) is 5.02 Å². The van der Waals surface area contributed by atoms with Crippen LogP contribution in [0.3, 0.4) is 0 Å². The lowest BCUT2D eigenvalue weighted by molar-refractivity contribution is 0.628. The Hall–Kier alpha value is -1.72. The summed E-state index contributed by atoms with van der Waals surface area (Å²) >= 11 is 7.29. The fraction of sp³-hybridized carbons (Fsp3) is 0. The molecular formula is C12H7ClFN3S. The maximum absolute atomic E-state index is 13.2. The van der Waals surface area contributed by atoms with Crippen LogP contribution in [0.1, 0.15) is 0 Å². The second-order valence-corrected chi connectivity index (χ2v) is 5.02. The Morgan fingerprint density at radius 3 is 2.83 bits per heavy atom. The van der Waals surface area contributed by atoms with E-state index in [1.54, 1.807) is 6.07 Å². The molecule has 2 aromatic heterocycles. The van der Waals surface area contributed by atoms with E-state index in [4.69, 9.17) is 17.3 Å². The molecule has 0 saturated heterocycles. The molecule has 3 rings (SSSR count).